The van der Waals surface area contributed by atoms with Crippen LogP contribution in [0.4, 0.5) is 8.78 Å². The zero-order chi connectivity index (χ0) is 20.8. The van der Waals surface area contributed by atoms with Crippen LogP contribution in [0, 0.1) is 0 Å². The van der Waals surface area contributed by atoms with E-state index in [2.05, 4.69) is 0 Å². The van der Waals surface area contributed by atoms with E-state index in [9.17, 15) is 23.8 Å². The first-order chi connectivity index (χ1) is 12.5. The normalized spacial score (nSPS) is 14.1. The molecule has 0 aromatic heterocycles. The van der Waals surface area contributed by atoms with Crippen molar-refractivity contribution >= 4 is 5.91 Å². The van der Waals surface area contributed by atoms with Gasteiger partial charge in [0, 0.05) is 0 Å². The number of halogens is 2. The second-order valence-corrected chi connectivity index (χ2v) is 7.94. The lowest BCUT2D eigenvalue weighted by Crippen LogP contribution is -2.49. The Hall–Kier alpha value is -1.69. The number of hydrogen-bond donors (Lipinski definition) is 3. The predicted octanol–water partition coefficient (Wildman–Crippen LogP) is 4.61. The third-order valence-corrected chi connectivity index (χ3v) is 5.03. The number of rotatable bonds is 11. The number of phenolic OH excluding ortho intramolecular Hbond substituents is 1. The number of carbonyl (C=O) groups excluding carboxylic acids is 1. The van der Waals surface area contributed by atoms with E-state index < -0.39 is 17.9 Å². The minimum Gasteiger partial charge on any atom is -0.507 e. The van der Waals surface area contributed by atoms with Crippen LogP contribution in [0.15, 0.2) is 12.1 Å². The van der Waals surface area contributed by atoms with Crippen molar-refractivity contribution in [3.63, 3.8) is 0 Å². The Bertz CT molecular complexity index is 603. The summed E-state index contributed by atoms with van der Waals surface area (Å²) in [7, 11) is 0. The van der Waals surface area contributed by atoms with E-state index in [1.54, 1.807) is 0 Å². The van der Waals surface area contributed by atoms with Crippen molar-refractivity contribution in [3.05, 3.63) is 28.8 Å². The Labute approximate surface area is 160 Å². The van der Waals surface area contributed by atoms with Crippen molar-refractivity contribution in [1.82, 2.24) is 0 Å². The van der Waals surface area contributed by atoms with Crippen LogP contribution < -0.4 is 5.73 Å². The van der Waals surface area contributed by atoms with Crippen molar-refractivity contribution in [3.8, 4) is 5.75 Å². The molecule has 6 heteroatoms. The Balaban J connectivity index is 2.59. The average molecular weight is 385 g/mol. The number of aromatic hydroxyl groups is 1. The third kappa shape index (κ3) is 6.16. The molecular weight excluding hydrogens is 352 g/mol. The van der Waals surface area contributed by atoms with Crippen LogP contribution in [0.3, 0.4) is 0 Å². The first kappa shape index (κ1) is 23.3. The molecule has 4 N–H and O–H groups in total. The first-order valence-electron chi connectivity index (χ1n) is 9.66. The fourth-order valence-corrected chi connectivity index (χ4v) is 3.19. The second-order valence-electron chi connectivity index (χ2n) is 7.94. The van der Waals surface area contributed by atoms with E-state index in [-0.39, 0.29) is 18.3 Å². The summed E-state index contributed by atoms with van der Waals surface area (Å²) in [4.78, 5) is 11.0. The Morgan fingerprint density at radius 2 is 1.52 bits per heavy atom. The summed E-state index contributed by atoms with van der Waals surface area (Å²) in [6.45, 7) is 8.19. The highest BCUT2D eigenvalue weighted by molar-refractivity contribution is 5.83. The quantitative estimate of drug-likeness (QED) is 0.486. The smallest absolute Gasteiger partial charge is 0.275 e. The van der Waals surface area contributed by atoms with Crippen molar-refractivity contribution in [2.75, 3.05) is 0 Å². The number of primary amides is 1. The zero-order valence-corrected chi connectivity index (χ0v) is 16.8. The molecule has 0 fully saturated rings. The molecule has 1 atom stereocenters. The molecular formula is C21H33F2NO3. The van der Waals surface area contributed by atoms with Gasteiger partial charge in [-0.2, -0.15) is 0 Å². The highest BCUT2D eigenvalue weighted by Crippen LogP contribution is 2.35. The summed E-state index contributed by atoms with van der Waals surface area (Å²) in [5, 5.41) is 20.1. The molecule has 1 aromatic rings. The molecule has 0 spiro atoms. The molecule has 1 aromatic carbocycles. The fourth-order valence-electron chi connectivity index (χ4n) is 3.19. The largest absolute Gasteiger partial charge is 0.507 e. The third-order valence-electron chi connectivity index (χ3n) is 5.03. The van der Waals surface area contributed by atoms with Crippen molar-refractivity contribution in [2.24, 2.45) is 5.73 Å². The number of nitrogens with two attached hydrogens (primary N) is 1. The lowest BCUT2D eigenvalue weighted by Gasteiger charge is -2.23. The van der Waals surface area contributed by atoms with Gasteiger partial charge in [0.05, 0.1) is 0 Å². The fraction of sp³-hybridized carbons (Fsp3) is 0.667. The summed E-state index contributed by atoms with van der Waals surface area (Å²) in [5.74, 6) is -0.544. The Morgan fingerprint density at radius 1 is 1.04 bits per heavy atom. The highest BCUT2D eigenvalue weighted by Gasteiger charge is 2.43. The van der Waals surface area contributed by atoms with Gasteiger partial charge < -0.3 is 15.9 Å². The predicted molar refractivity (Wildman–Crippen MR) is 103 cm³/mol. The maximum absolute atomic E-state index is 12.8. The molecule has 0 aliphatic heterocycles. The van der Waals surface area contributed by atoms with Gasteiger partial charge in [-0.15, -0.1) is 0 Å². The molecule has 0 saturated heterocycles. The maximum Gasteiger partial charge on any atom is 0.275 e. The molecule has 1 unspecified atom stereocenters. The number of carbonyl (C=O) groups is 1. The van der Waals surface area contributed by atoms with Crippen LogP contribution in [0.1, 0.15) is 88.3 Å². The molecule has 27 heavy (non-hydrogen) atoms. The Kier molecular flexibility index (Phi) is 8.66. The summed E-state index contributed by atoms with van der Waals surface area (Å²) in [6, 6.07) is 4.07. The number of benzene rings is 1. The summed E-state index contributed by atoms with van der Waals surface area (Å²) in [6.07, 6.45) is -0.0577. The molecule has 0 bridgehead atoms. The standard InChI is InChI=1S/C21H33F2NO3/c1-13(2)16-11-15(12-17(14(3)4)18(16)25)9-7-5-6-8-10-21(27,19(22)23)20(24)26/h11-14,19,25,27H,5-10H2,1-4H3,(H2,24,26). The topological polar surface area (TPSA) is 83.5 Å². The van der Waals surface area contributed by atoms with E-state index >= 15 is 0 Å². The molecule has 1 rings (SSSR count). The molecule has 0 aliphatic carbocycles. The van der Waals surface area contributed by atoms with Gasteiger partial charge in [-0.25, -0.2) is 8.78 Å². The minimum atomic E-state index is -3.17. The molecule has 0 heterocycles. The second kappa shape index (κ2) is 10.0. The van der Waals surface area contributed by atoms with Gasteiger partial charge in [0.15, 0.2) is 0 Å². The highest BCUT2D eigenvalue weighted by atomic mass is 19.3. The van der Waals surface area contributed by atoms with Gasteiger partial charge >= 0.3 is 0 Å². The molecule has 1 amide bonds. The van der Waals surface area contributed by atoms with Crippen LogP contribution in [0.25, 0.3) is 0 Å². The maximum atomic E-state index is 12.8. The number of phenols is 1. The van der Waals surface area contributed by atoms with E-state index in [0.29, 0.717) is 18.6 Å². The molecule has 154 valence electrons. The monoisotopic (exact) mass is 385 g/mol. The van der Waals surface area contributed by atoms with Gasteiger partial charge in [0.2, 0.25) is 5.60 Å². The lowest BCUT2D eigenvalue weighted by molar-refractivity contribution is -0.156. The van der Waals surface area contributed by atoms with Crippen molar-refractivity contribution in [1.29, 1.82) is 0 Å². The molecule has 0 aliphatic rings. The number of aliphatic hydroxyl groups is 1. The number of alkyl halides is 2. The minimum absolute atomic E-state index is 0.225. The summed E-state index contributed by atoms with van der Waals surface area (Å²) in [5.41, 5.74) is 5.20. The van der Waals surface area contributed by atoms with Gasteiger partial charge in [0.25, 0.3) is 12.3 Å². The number of amides is 1. The van der Waals surface area contributed by atoms with Crippen LogP contribution >= 0.6 is 0 Å². The van der Waals surface area contributed by atoms with Gasteiger partial charge in [-0.05, 0) is 54.2 Å². The zero-order valence-electron chi connectivity index (χ0n) is 16.8. The van der Waals surface area contributed by atoms with Crippen molar-refractivity contribution < 1.29 is 23.8 Å². The average Bonchev–Trinajstić information content (AvgIpc) is 2.57. The van der Waals surface area contributed by atoms with Gasteiger partial charge in [-0.1, -0.05) is 52.7 Å². The van der Waals surface area contributed by atoms with Crippen LogP contribution in [-0.2, 0) is 11.2 Å². The van der Waals surface area contributed by atoms with Crippen molar-refractivity contribution in [2.45, 2.75) is 90.1 Å². The first-order valence-corrected chi connectivity index (χ1v) is 9.66. The number of unbranched alkanes of at least 4 members (excludes halogenated alkanes) is 3. The van der Waals surface area contributed by atoms with Gasteiger partial charge in [-0.3, -0.25) is 4.79 Å². The van der Waals surface area contributed by atoms with E-state index in [1.165, 1.54) is 0 Å². The molecule has 0 radical (unpaired) electrons. The summed E-state index contributed by atoms with van der Waals surface area (Å²) < 4.78 is 25.6. The SMILES string of the molecule is CC(C)c1cc(CCCCCCC(O)(C(N)=O)C(F)F)cc(C(C)C)c1O. The lowest BCUT2D eigenvalue weighted by atomic mass is 9.90. The number of aryl methyl sites for hydroxylation is 1. The number of hydrogen-bond acceptors (Lipinski definition) is 3. The van der Waals surface area contributed by atoms with Crippen LogP contribution in [0.2, 0.25) is 0 Å². The Morgan fingerprint density at radius 3 is 1.93 bits per heavy atom. The summed E-state index contributed by atoms with van der Waals surface area (Å²) >= 11 is 0. The van der Waals surface area contributed by atoms with E-state index in [4.69, 9.17) is 5.73 Å². The van der Waals surface area contributed by atoms with Gasteiger partial charge in [0.1, 0.15) is 5.75 Å². The molecule has 0 saturated carbocycles. The van der Waals surface area contributed by atoms with Crippen LogP contribution in [-0.4, -0.2) is 28.1 Å². The van der Waals surface area contributed by atoms with E-state index in [0.717, 1.165) is 36.0 Å². The molecule has 4 nitrogen and oxygen atoms in total. The van der Waals surface area contributed by atoms with E-state index in [1.807, 2.05) is 39.8 Å². The van der Waals surface area contributed by atoms with Crippen LogP contribution in [0.5, 0.6) is 5.75 Å².